The molecule has 1 fully saturated rings. The number of ketones is 1. The molecule has 2 heterocycles. The molecule has 1 amide bonds. The summed E-state index contributed by atoms with van der Waals surface area (Å²) in [6, 6.07) is 0. The lowest BCUT2D eigenvalue weighted by Crippen LogP contribution is -3.16. The lowest BCUT2D eigenvalue weighted by molar-refractivity contribution is -0.884. The Balaban J connectivity index is 2.21. The molecule has 7 nitrogen and oxygen atoms in total. The van der Waals surface area contributed by atoms with Gasteiger partial charge < -0.3 is 19.9 Å². The number of rotatable bonds is 5. The third-order valence-electron chi connectivity index (χ3n) is 3.76. The minimum atomic E-state index is -0.487. The van der Waals surface area contributed by atoms with Crippen LogP contribution in [0, 0.1) is 13.8 Å². The summed E-state index contributed by atoms with van der Waals surface area (Å²) in [5, 5.41) is 2.74. The average Bonchev–Trinajstić information content (AvgIpc) is 2.73. The van der Waals surface area contributed by atoms with E-state index in [0.29, 0.717) is 35.6 Å². The number of H-pyrrole nitrogens is 1. The molecular weight excluding hydrogens is 286 g/mol. The second-order valence-electron chi connectivity index (χ2n) is 5.47. The molecule has 1 aliphatic heterocycles. The molecule has 1 unspecified atom stereocenters. The van der Waals surface area contributed by atoms with Gasteiger partial charge in [-0.3, -0.25) is 9.59 Å². The maximum atomic E-state index is 12.6. The first-order chi connectivity index (χ1) is 10.4. The number of Topliss-reactive ketones (excluding diaryl/α,β-unsaturated/α-hetero) is 1. The normalized spacial score (nSPS) is 18.0. The lowest BCUT2D eigenvalue weighted by Gasteiger charge is -2.23. The van der Waals surface area contributed by atoms with E-state index >= 15 is 0 Å². The number of esters is 1. The molecule has 1 aromatic heterocycles. The van der Waals surface area contributed by atoms with Gasteiger partial charge in [0.1, 0.15) is 6.54 Å². The Hall–Kier alpha value is -2.15. The van der Waals surface area contributed by atoms with Crippen molar-refractivity contribution in [3.05, 3.63) is 22.5 Å². The van der Waals surface area contributed by atoms with E-state index in [0.717, 1.165) is 4.90 Å². The highest BCUT2D eigenvalue weighted by Gasteiger charge is 2.29. The smallest absolute Gasteiger partial charge is 0.340 e. The molecule has 1 aromatic rings. The van der Waals surface area contributed by atoms with Crippen molar-refractivity contribution >= 4 is 17.7 Å². The Kier molecular flexibility index (Phi) is 4.97. The van der Waals surface area contributed by atoms with Crippen LogP contribution in [0.1, 0.15) is 39.0 Å². The SMILES string of the molecule is CCOC(=O)c1c(C)[nH]c(C)c1C(=O)C[NH+]1CCNC(=O)C1. The molecular formula is C15H22N3O4+. The van der Waals surface area contributed by atoms with Crippen LogP contribution in [0.15, 0.2) is 0 Å². The number of aryl methyl sites for hydroxylation is 2. The van der Waals surface area contributed by atoms with Gasteiger partial charge in [-0.05, 0) is 20.8 Å². The van der Waals surface area contributed by atoms with Crippen LogP contribution in [-0.4, -0.2) is 55.4 Å². The zero-order chi connectivity index (χ0) is 16.3. The summed E-state index contributed by atoms with van der Waals surface area (Å²) in [7, 11) is 0. The number of ether oxygens (including phenoxy) is 1. The third kappa shape index (κ3) is 3.36. The largest absolute Gasteiger partial charge is 0.462 e. The number of piperazine rings is 1. The number of aromatic amines is 1. The molecule has 1 aliphatic rings. The second-order valence-corrected chi connectivity index (χ2v) is 5.47. The maximum absolute atomic E-state index is 12.6. The number of quaternary nitrogens is 1. The van der Waals surface area contributed by atoms with Crippen LogP contribution in [0.25, 0.3) is 0 Å². The highest BCUT2D eigenvalue weighted by Crippen LogP contribution is 2.19. The Bertz CT molecular complexity index is 606. The van der Waals surface area contributed by atoms with E-state index in [4.69, 9.17) is 4.74 Å². The minimum absolute atomic E-state index is 0.0540. The molecule has 1 atom stereocenters. The van der Waals surface area contributed by atoms with Crippen molar-refractivity contribution in [2.45, 2.75) is 20.8 Å². The van der Waals surface area contributed by atoms with Crippen molar-refractivity contribution in [1.29, 1.82) is 0 Å². The van der Waals surface area contributed by atoms with Gasteiger partial charge in [-0.15, -0.1) is 0 Å². The number of amides is 1. The molecule has 120 valence electrons. The second kappa shape index (κ2) is 6.74. The topological polar surface area (TPSA) is 92.7 Å². The Labute approximate surface area is 129 Å². The summed E-state index contributed by atoms with van der Waals surface area (Å²) in [4.78, 5) is 40.0. The van der Waals surface area contributed by atoms with Crippen LogP contribution in [0.4, 0.5) is 0 Å². The van der Waals surface area contributed by atoms with Gasteiger partial charge in [-0.25, -0.2) is 4.79 Å². The van der Waals surface area contributed by atoms with Crippen molar-refractivity contribution in [3.63, 3.8) is 0 Å². The molecule has 7 heteroatoms. The quantitative estimate of drug-likeness (QED) is 0.481. The summed E-state index contributed by atoms with van der Waals surface area (Å²) < 4.78 is 5.04. The van der Waals surface area contributed by atoms with Gasteiger partial charge in [-0.2, -0.15) is 0 Å². The van der Waals surface area contributed by atoms with E-state index in [1.165, 1.54) is 0 Å². The first-order valence-electron chi connectivity index (χ1n) is 7.43. The number of hydrogen-bond acceptors (Lipinski definition) is 4. The maximum Gasteiger partial charge on any atom is 0.340 e. The molecule has 2 rings (SSSR count). The minimum Gasteiger partial charge on any atom is -0.462 e. The molecule has 0 radical (unpaired) electrons. The fourth-order valence-corrected chi connectivity index (χ4v) is 2.81. The highest BCUT2D eigenvalue weighted by molar-refractivity contribution is 6.08. The van der Waals surface area contributed by atoms with Crippen molar-refractivity contribution < 1.29 is 24.0 Å². The van der Waals surface area contributed by atoms with Crippen LogP contribution in [-0.2, 0) is 9.53 Å². The summed E-state index contributed by atoms with van der Waals surface area (Å²) in [6.07, 6.45) is 0. The summed E-state index contributed by atoms with van der Waals surface area (Å²) in [6.45, 7) is 7.24. The monoisotopic (exact) mass is 308 g/mol. The number of hydrogen-bond donors (Lipinski definition) is 3. The van der Waals surface area contributed by atoms with Gasteiger partial charge in [0, 0.05) is 11.4 Å². The molecule has 0 spiro atoms. The van der Waals surface area contributed by atoms with Crippen LogP contribution in [0.5, 0.6) is 0 Å². The number of aromatic nitrogens is 1. The Morgan fingerprint density at radius 2 is 1.91 bits per heavy atom. The van der Waals surface area contributed by atoms with E-state index in [1.807, 2.05) is 0 Å². The van der Waals surface area contributed by atoms with Crippen LogP contribution >= 0.6 is 0 Å². The summed E-state index contributed by atoms with van der Waals surface area (Å²) >= 11 is 0. The zero-order valence-corrected chi connectivity index (χ0v) is 13.2. The van der Waals surface area contributed by atoms with Gasteiger partial charge in [-0.1, -0.05) is 0 Å². The predicted octanol–water partition coefficient (Wildman–Crippen LogP) is -0.994. The van der Waals surface area contributed by atoms with Crippen molar-refractivity contribution in [1.82, 2.24) is 10.3 Å². The summed E-state index contributed by atoms with van der Waals surface area (Å²) in [5.41, 5.74) is 1.98. The number of nitrogens with one attached hydrogen (secondary N) is 3. The molecule has 0 bridgehead atoms. The average molecular weight is 308 g/mol. The van der Waals surface area contributed by atoms with Gasteiger partial charge in [0.25, 0.3) is 5.91 Å². The molecule has 22 heavy (non-hydrogen) atoms. The van der Waals surface area contributed by atoms with E-state index in [9.17, 15) is 14.4 Å². The number of carbonyl (C=O) groups is 3. The fourth-order valence-electron chi connectivity index (χ4n) is 2.81. The number of carbonyl (C=O) groups excluding carboxylic acids is 3. The zero-order valence-electron chi connectivity index (χ0n) is 13.2. The molecule has 0 aliphatic carbocycles. The highest BCUT2D eigenvalue weighted by atomic mass is 16.5. The van der Waals surface area contributed by atoms with Gasteiger partial charge in [0.15, 0.2) is 6.54 Å². The molecule has 0 saturated carbocycles. The molecule has 1 saturated heterocycles. The Morgan fingerprint density at radius 1 is 1.23 bits per heavy atom. The lowest BCUT2D eigenvalue weighted by atomic mass is 10.0. The van der Waals surface area contributed by atoms with Gasteiger partial charge in [0.05, 0.1) is 30.8 Å². The molecule has 3 N–H and O–H groups in total. The van der Waals surface area contributed by atoms with Crippen molar-refractivity contribution in [2.75, 3.05) is 32.8 Å². The van der Waals surface area contributed by atoms with E-state index in [2.05, 4.69) is 10.3 Å². The van der Waals surface area contributed by atoms with Gasteiger partial charge >= 0.3 is 5.97 Å². The summed E-state index contributed by atoms with van der Waals surface area (Å²) in [5.74, 6) is -0.685. The fraction of sp³-hybridized carbons (Fsp3) is 0.533. The Morgan fingerprint density at radius 3 is 2.55 bits per heavy atom. The predicted molar refractivity (Wildman–Crippen MR) is 79.1 cm³/mol. The van der Waals surface area contributed by atoms with E-state index in [-0.39, 0.29) is 31.4 Å². The van der Waals surface area contributed by atoms with E-state index < -0.39 is 5.97 Å². The van der Waals surface area contributed by atoms with Crippen LogP contribution in [0.3, 0.4) is 0 Å². The first-order valence-corrected chi connectivity index (χ1v) is 7.43. The van der Waals surface area contributed by atoms with Crippen LogP contribution in [0.2, 0.25) is 0 Å². The molecule has 0 aromatic carbocycles. The third-order valence-corrected chi connectivity index (χ3v) is 3.76. The first kappa shape index (κ1) is 16.2. The van der Waals surface area contributed by atoms with Crippen molar-refractivity contribution in [3.8, 4) is 0 Å². The van der Waals surface area contributed by atoms with Gasteiger partial charge in [0.2, 0.25) is 5.78 Å². The van der Waals surface area contributed by atoms with E-state index in [1.54, 1.807) is 20.8 Å². The van der Waals surface area contributed by atoms with Crippen LogP contribution < -0.4 is 10.2 Å². The van der Waals surface area contributed by atoms with Crippen molar-refractivity contribution in [2.24, 2.45) is 0 Å². The standard InChI is InChI=1S/C15H21N3O4/c1-4-22-15(21)14-10(3)17-9(2)13(14)11(19)7-18-6-5-16-12(20)8-18/h17H,4-8H2,1-3H3,(H,16,20)/p+1.